The summed E-state index contributed by atoms with van der Waals surface area (Å²) in [7, 11) is 0. The van der Waals surface area contributed by atoms with Crippen molar-refractivity contribution >= 4 is 11.6 Å². The molecular weight excluding hydrogens is 264 g/mol. The second-order valence-corrected chi connectivity index (χ2v) is 5.55. The highest BCUT2D eigenvalue weighted by atomic mass is 16.1. The molecule has 1 amide bonds. The number of hydrogen-bond acceptors (Lipinski definition) is 4. The van der Waals surface area contributed by atoms with Gasteiger partial charge in [0.15, 0.2) is 0 Å². The lowest BCUT2D eigenvalue weighted by Gasteiger charge is -2.32. The van der Waals surface area contributed by atoms with E-state index in [4.69, 9.17) is 0 Å². The lowest BCUT2D eigenvalue weighted by atomic mass is 10.0. The fraction of sp³-hybridized carbons (Fsp3) is 0.625. The maximum absolute atomic E-state index is 12.5. The van der Waals surface area contributed by atoms with Crippen LogP contribution in [0.4, 0.5) is 5.69 Å². The number of carbonyl (C=O) groups is 1. The third kappa shape index (κ3) is 4.43. The van der Waals surface area contributed by atoms with E-state index >= 15 is 0 Å². The second kappa shape index (κ2) is 7.98. The van der Waals surface area contributed by atoms with Crippen molar-refractivity contribution in [2.75, 3.05) is 31.5 Å². The van der Waals surface area contributed by atoms with Crippen LogP contribution in [0.25, 0.3) is 0 Å². The van der Waals surface area contributed by atoms with Crippen LogP contribution in [0.15, 0.2) is 18.5 Å². The van der Waals surface area contributed by atoms with E-state index in [1.807, 2.05) is 0 Å². The molecule has 1 unspecified atom stereocenters. The number of rotatable bonds is 6. The van der Waals surface area contributed by atoms with Gasteiger partial charge >= 0.3 is 0 Å². The van der Waals surface area contributed by atoms with Crippen molar-refractivity contribution < 1.29 is 4.79 Å². The van der Waals surface area contributed by atoms with Crippen LogP contribution in [0.1, 0.15) is 43.5 Å². The molecule has 1 fully saturated rings. The molecule has 1 aliphatic heterocycles. The monoisotopic (exact) mass is 290 g/mol. The molecule has 0 bridgehead atoms. The van der Waals surface area contributed by atoms with Gasteiger partial charge in [-0.15, -0.1) is 0 Å². The highest BCUT2D eigenvalue weighted by Gasteiger charge is 2.21. The second-order valence-electron chi connectivity index (χ2n) is 5.55. The molecule has 0 aliphatic carbocycles. The van der Waals surface area contributed by atoms with Crippen molar-refractivity contribution in [2.24, 2.45) is 0 Å². The normalized spacial score (nSPS) is 19.2. The third-order valence-corrected chi connectivity index (χ3v) is 3.92. The maximum atomic E-state index is 12.5. The van der Waals surface area contributed by atoms with E-state index in [2.05, 4.69) is 34.4 Å². The van der Waals surface area contributed by atoms with Crippen molar-refractivity contribution in [3.05, 3.63) is 24.0 Å². The van der Waals surface area contributed by atoms with Gasteiger partial charge in [0, 0.05) is 25.3 Å². The third-order valence-electron chi connectivity index (χ3n) is 3.92. The number of carbonyl (C=O) groups excluding carboxylic acids is 1. The number of aromatic nitrogens is 1. The van der Waals surface area contributed by atoms with E-state index in [-0.39, 0.29) is 11.9 Å². The summed E-state index contributed by atoms with van der Waals surface area (Å²) in [5, 5.41) is 6.44. The maximum Gasteiger partial charge on any atom is 0.253 e. The van der Waals surface area contributed by atoms with Crippen LogP contribution in [0.2, 0.25) is 0 Å². The average molecular weight is 290 g/mol. The van der Waals surface area contributed by atoms with Crippen LogP contribution >= 0.6 is 0 Å². The van der Waals surface area contributed by atoms with Crippen molar-refractivity contribution in [1.29, 1.82) is 0 Å². The van der Waals surface area contributed by atoms with Crippen LogP contribution in [0, 0.1) is 0 Å². The Balaban J connectivity index is 1.99. The van der Waals surface area contributed by atoms with Crippen molar-refractivity contribution in [2.45, 2.75) is 39.2 Å². The number of nitrogens with zero attached hydrogens (tertiary/aromatic N) is 2. The summed E-state index contributed by atoms with van der Waals surface area (Å²) in [5.74, 6) is -0.000967. The van der Waals surface area contributed by atoms with Crippen LogP contribution in [-0.4, -0.2) is 48.0 Å². The van der Waals surface area contributed by atoms with E-state index < -0.39 is 0 Å². The Morgan fingerprint density at radius 2 is 2.33 bits per heavy atom. The molecule has 1 atom stereocenters. The van der Waals surface area contributed by atoms with Gasteiger partial charge in [0.1, 0.15) is 0 Å². The highest BCUT2D eigenvalue weighted by molar-refractivity contribution is 5.99. The van der Waals surface area contributed by atoms with Crippen LogP contribution in [0.5, 0.6) is 0 Å². The summed E-state index contributed by atoms with van der Waals surface area (Å²) in [5.41, 5.74) is 1.51. The Morgan fingerprint density at radius 3 is 3.10 bits per heavy atom. The van der Waals surface area contributed by atoms with E-state index in [0.29, 0.717) is 5.56 Å². The van der Waals surface area contributed by atoms with Gasteiger partial charge in [0.2, 0.25) is 0 Å². The smallest absolute Gasteiger partial charge is 0.253 e. The van der Waals surface area contributed by atoms with Gasteiger partial charge in [-0.3, -0.25) is 9.78 Å². The van der Waals surface area contributed by atoms with Gasteiger partial charge in [-0.05, 0) is 38.4 Å². The van der Waals surface area contributed by atoms with Crippen molar-refractivity contribution in [1.82, 2.24) is 15.2 Å². The minimum Gasteiger partial charge on any atom is -0.383 e. The summed E-state index contributed by atoms with van der Waals surface area (Å²) in [6.07, 6.45) is 6.63. The fourth-order valence-corrected chi connectivity index (χ4v) is 2.72. The summed E-state index contributed by atoms with van der Waals surface area (Å²) >= 11 is 0. The molecule has 5 heteroatoms. The topological polar surface area (TPSA) is 57.3 Å². The number of likely N-dealkylation sites (tertiary alicyclic amines) is 1. The molecule has 0 aromatic carbocycles. The molecular formula is C16H26N4O. The minimum absolute atomic E-state index is 0.000967. The zero-order chi connectivity index (χ0) is 15.1. The Labute approximate surface area is 127 Å². The first-order chi connectivity index (χ1) is 10.2. The van der Waals surface area contributed by atoms with Crippen molar-refractivity contribution in [3.63, 3.8) is 0 Å². The molecule has 21 heavy (non-hydrogen) atoms. The first-order valence-electron chi connectivity index (χ1n) is 7.95. The first-order valence-corrected chi connectivity index (χ1v) is 7.95. The van der Waals surface area contributed by atoms with E-state index in [0.717, 1.165) is 51.1 Å². The number of hydrogen-bond donors (Lipinski definition) is 2. The van der Waals surface area contributed by atoms with Gasteiger partial charge < -0.3 is 15.5 Å². The predicted octanol–water partition coefficient (Wildman–Crippen LogP) is 2.12. The summed E-state index contributed by atoms with van der Waals surface area (Å²) in [4.78, 5) is 19.0. The Hall–Kier alpha value is -1.62. The number of pyridine rings is 1. The molecule has 1 aromatic rings. The first kappa shape index (κ1) is 15.8. The fourth-order valence-electron chi connectivity index (χ4n) is 2.72. The zero-order valence-corrected chi connectivity index (χ0v) is 13.1. The molecule has 2 N–H and O–H groups in total. The van der Waals surface area contributed by atoms with Gasteiger partial charge in [-0.25, -0.2) is 0 Å². The molecule has 1 aliphatic rings. The van der Waals surface area contributed by atoms with Gasteiger partial charge in [-0.2, -0.15) is 0 Å². The number of piperidine rings is 1. The molecule has 1 saturated heterocycles. The lowest BCUT2D eigenvalue weighted by molar-refractivity contribution is 0.0906. The molecule has 116 valence electrons. The quantitative estimate of drug-likeness (QED) is 0.842. The zero-order valence-electron chi connectivity index (χ0n) is 13.1. The van der Waals surface area contributed by atoms with E-state index in [1.54, 1.807) is 18.5 Å². The molecule has 0 spiro atoms. The summed E-state index contributed by atoms with van der Waals surface area (Å²) in [6, 6.07) is 2.03. The molecule has 5 nitrogen and oxygen atoms in total. The molecule has 2 heterocycles. The predicted molar refractivity (Wildman–Crippen MR) is 85.6 cm³/mol. The van der Waals surface area contributed by atoms with Crippen LogP contribution in [0.3, 0.4) is 0 Å². The molecule has 1 aromatic heterocycles. The lowest BCUT2D eigenvalue weighted by Crippen LogP contribution is -2.47. The van der Waals surface area contributed by atoms with Gasteiger partial charge in [-0.1, -0.05) is 13.8 Å². The number of anilines is 1. The van der Waals surface area contributed by atoms with Crippen molar-refractivity contribution in [3.8, 4) is 0 Å². The molecule has 0 radical (unpaired) electrons. The van der Waals surface area contributed by atoms with E-state index in [1.165, 1.54) is 0 Å². The van der Waals surface area contributed by atoms with Crippen LogP contribution in [-0.2, 0) is 0 Å². The molecule has 2 rings (SSSR count). The molecule has 0 saturated carbocycles. The number of likely N-dealkylation sites (N-methyl/N-ethyl adjacent to an activating group) is 1. The average Bonchev–Trinajstić information content (AvgIpc) is 2.53. The highest BCUT2D eigenvalue weighted by Crippen LogP contribution is 2.15. The SMILES string of the molecule is CCCNc1cnccc1C(=O)NC1CCCN(CC)C1. The standard InChI is InChI=1S/C16H26N4O/c1-3-8-18-15-11-17-9-7-14(15)16(21)19-13-6-5-10-20(4-2)12-13/h7,9,11,13,18H,3-6,8,10,12H2,1-2H3,(H,19,21). The Bertz CT molecular complexity index is 463. The summed E-state index contributed by atoms with van der Waals surface area (Å²) < 4.78 is 0. The summed E-state index contributed by atoms with van der Waals surface area (Å²) in [6.45, 7) is 8.25. The minimum atomic E-state index is -0.000967. The Kier molecular flexibility index (Phi) is 5.99. The van der Waals surface area contributed by atoms with E-state index in [9.17, 15) is 4.79 Å². The largest absolute Gasteiger partial charge is 0.383 e. The van der Waals surface area contributed by atoms with Gasteiger partial charge in [0.05, 0.1) is 17.4 Å². The number of nitrogens with one attached hydrogen (secondary N) is 2. The van der Waals surface area contributed by atoms with Crippen LogP contribution < -0.4 is 10.6 Å². The Morgan fingerprint density at radius 1 is 1.48 bits per heavy atom. The van der Waals surface area contributed by atoms with Gasteiger partial charge in [0.25, 0.3) is 5.91 Å². The number of amides is 1.